The molecule has 3 aromatic carbocycles. The first-order valence-electron chi connectivity index (χ1n) is 11.4. The fourth-order valence-electron chi connectivity index (χ4n) is 3.51. The van der Waals surface area contributed by atoms with Crippen LogP contribution in [0.4, 0.5) is 28.7 Å². The molecule has 4 rings (SSSR count). The molecule has 2 N–H and O–H groups in total. The summed E-state index contributed by atoms with van der Waals surface area (Å²) in [4.78, 5) is 21.5. The Morgan fingerprint density at radius 2 is 1.57 bits per heavy atom. The number of amides is 1. The largest absolute Gasteiger partial charge is 0.755 e. The van der Waals surface area contributed by atoms with Crippen molar-refractivity contribution in [2.24, 2.45) is 5.92 Å². The van der Waals surface area contributed by atoms with Crippen LogP contribution in [0.5, 0.6) is 11.5 Å². The topological polar surface area (TPSA) is 129 Å². The summed E-state index contributed by atoms with van der Waals surface area (Å²) in [6.45, 7) is 3.54. The molecule has 192 valence electrons. The number of carbonyl (C=O) groups excluding carboxylic acids is 1. The number of aromatic nitrogens is 2. The summed E-state index contributed by atoms with van der Waals surface area (Å²) < 4.78 is 36.9. The van der Waals surface area contributed by atoms with Crippen molar-refractivity contribution in [3.05, 3.63) is 66.7 Å². The molecule has 0 aliphatic rings. The van der Waals surface area contributed by atoms with Gasteiger partial charge in [0.15, 0.2) is 11.6 Å². The van der Waals surface area contributed by atoms with Gasteiger partial charge in [-0.05, 0) is 30.3 Å². The zero-order chi connectivity index (χ0) is 26.5. The second-order valence-electron chi connectivity index (χ2n) is 8.32. The zero-order valence-corrected chi connectivity index (χ0v) is 21.5. The molecular formula is C26H26N5O5S-. The van der Waals surface area contributed by atoms with Crippen molar-refractivity contribution in [1.82, 2.24) is 9.97 Å². The predicted octanol–water partition coefficient (Wildman–Crippen LogP) is 4.92. The number of hydrogen-bond donors (Lipinski definition) is 2. The molecule has 0 aliphatic heterocycles. The first kappa shape index (κ1) is 25.9. The van der Waals surface area contributed by atoms with E-state index in [0.717, 1.165) is 4.31 Å². The van der Waals surface area contributed by atoms with Crippen molar-refractivity contribution < 1.29 is 23.0 Å². The fraction of sp³-hybridized carbons (Fsp3) is 0.192. The number of para-hydroxylation sites is 2. The number of hydrogen-bond acceptors (Lipinski definition) is 8. The standard InChI is InChI=1S/C26H27N5O5S/c1-16(2)26(32)28-17-8-7-9-19(12-17)31(37(33)34)25-24(29-22-10-5-6-11-23(22)30-25)27-18-13-20(35-3)15-21(14-18)36-4/h5-16H,1-4H3,(H,27,29)(H,28,32)(H,33,34)/p-1. The lowest BCUT2D eigenvalue weighted by Crippen LogP contribution is -2.23. The van der Waals surface area contributed by atoms with Gasteiger partial charge in [0.1, 0.15) is 11.5 Å². The third-order valence-electron chi connectivity index (χ3n) is 5.38. The van der Waals surface area contributed by atoms with E-state index < -0.39 is 11.3 Å². The van der Waals surface area contributed by atoms with Crippen LogP contribution in [0, 0.1) is 5.92 Å². The van der Waals surface area contributed by atoms with Crippen LogP contribution in [-0.2, 0) is 16.1 Å². The number of nitrogens with zero attached hydrogens (tertiary/aromatic N) is 3. The number of methoxy groups -OCH3 is 2. The Labute approximate surface area is 217 Å². The highest BCUT2D eigenvalue weighted by Crippen LogP contribution is 2.36. The first-order chi connectivity index (χ1) is 17.8. The van der Waals surface area contributed by atoms with E-state index in [0.29, 0.717) is 33.9 Å². The number of carbonyl (C=O) groups is 1. The van der Waals surface area contributed by atoms with Gasteiger partial charge >= 0.3 is 0 Å². The van der Waals surface area contributed by atoms with Crippen LogP contribution in [0.2, 0.25) is 0 Å². The Morgan fingerprint density at radius 1 is 0.919 bits per heavy atom. The molecule has 0 saturated heterocycles. The number of rotatable bonds is 9. The van der Waals surface area contributed by atoms with Crippen molar-refractivity contribution in [2.75, 3.05) is 29.2 Å². The molecule has 11 heteroatoms. The number of ether oxygens (including phenoxy) is 2. The Bertz CT molecular complexity index is 1440. The van der Waals surface area contributed by atoms with Gasteiger partial charge in [0.25, 0.3) is 0 Å². The van der Waals surface area contributed by atoms with Gasteiger partial charge in [0, 0.05) is 35.5 Å². The molecule has 0 fully saturated rings. The van der Waals surface area contributed by atoms with Gasteiger partial charge in [-0.3, -0.25) is 13.3 Å². The van der Waals surface area contributed by atoms with E-state index in [-0.39, 0.29) is 29.1 Å². The van der Waals surface area contributed by atoms with E-state index in [1.807, 2.05) is 6.07 Å². The van der Waals surface area contributed by atoms with Crippen molar-refractivity contribution >= 4 is 56.9 Å². The molecule has 1 unspecified atom stereocenters. The molecule has 0 aliphatic carbocycles. The van der Waals surface area contributed by atoms with E-state index in [1.54, 1.807) is 74.5 Å². The van der Waals surface area contributed by atoms with E-state index in [2.05, 4.69) is 20.6 Å². The summed E-state index contributed by atoms with van der Waals surface area (Å²) in [5.74, 6) is 0.878. The number of fused-ring (bicyclic) bond motifs is 1. The summed E-state index contributed by atoms with van der Waals surface area (Å²) in [5.41, 5.74) is 2.35. The van der Waals surface area contributed by atoms with Crippen molar-refractivity contribution in [3.8, 4) is 11.5 Å². The summed E-state index contributed by atoms with van der Waals surface area (Å²) in [6, 6.07) is 18.8. The molecule has 10 nitrogen and oxygen atoms in total. The molecule has 1 aromatic heterocycles. The molecule has 1 amide bonds. The van der Waals surface area contributed by atoms with E-state index in [9.17, 15) is 13.6 Å². The lowest BCUT2D eigenvalue weighted by atomic mass is 10.2. The van der Waals surface area contributed by atoms with Crippen molar-refractivity contribution in [2.45, 2.75) is 13.8 Å². The molecule has 1 atom stereocenters. The summed E-state index contributed by atoms with van der Waals surface area (Å²) in [6.07, 6.45) is 0. The minimum atomic E-state index is -2.78. The van der Waals surface area contributed by atoms with Gasteiger partial charge in [0.05, 0.1) is 42.2 Å². The lowest BCUT2D eigenvalue weighted by Gasteiger charge is -2.27. The average Bonchev–Trinajstić information content (AvgIpc) is 2.88. The third kappa shape index (κ3) is 5.96. The summed E-state index contributed by atoms with van der Waals surface area (Å²) in [7, 11) is 3.07. The molecule has 4 aromatic rings. The lowest BCUT2D eigenvalue weighted by molar-refractivity contribution is -0.118. The quantitative estimate of drug-likeness (QED) is 0.298. The summed E-state index contributed by atoms with van der Waals surface area (Å²) >= 11 is -2.78. The van der Waals surface area contributed by atoms with Crippen LogP contribution in [0.3, 0.4) is 0 Å². The number of anilines is 5. The smallest absolute Gasteiger partial charge is 0.226 e. The Kier molecular flexibility index (Phi) is 7.85. The maximum atomic E-state index is 12.6. The number of benzene rings is 3. The maximum absolute atomic E-state index is 12.6. The molecule has 0 bridgehead atoms. The van der Waals surface area contributed by atoms with Gasteiger partial charge < -0.3 is 24.7 Å². The molecule has 0 saturated carbocycles. The highest BCUT2D eigenvalue weighted by atomic mass is 32.2. The molecule has 37 heavy (non-hydrogen) atoms. The van der Waals surface area contributed by atoms with Crippen LogP contribution in [0.25, 0.3) is 11.0 Å². The highest BCUT2D eigenvalue weighted by Gasteiger charge is 2.21. The van der Waals surface area contributed by atoms with E-state index in [1.165, 1.54) is 14.2 Å². The minimum Gasteiger partial charge on any atom is -0.755 e. The minimum absolute atomic E-state index is 0.0427. The Hall–Kier alpha value is -4.22. The van der Waals surface area contributed by atoms with Crippen molar-refractivity contribution in [3.63, 3.8) is 0 Å². The Morgan fingerprint density at radius 3 is 2.16 bits per heavy atom. The molecular weight excluding hydrogens is 494 g/mol. The van der Waals surface area contributed by atoms with Crippen LogP contribution in [0.15, 0.2) is 66.7 Å². The van der Waals surface area contributed by atoms with Gasteiger partial charge in [-0.15, -0.1) is 0 Å². The highest BCUT2D eigenvalue weighted by molar-refractivity contribution is 7.81. The molecule has 1 heterocycles. The molecule has 0 spiro atoms. The van der Waals surface area contributed by atoms with Gasteiger partial charge in [-0.2, -0.15) is 0 Å². The summed E-state index contributed by atoms with van der Waals surface area (Å²) in [5, 5.41) is 5.95. The maximum Gasteiger partial charge on any atom is 0.226 e. The van der Waals surface area contributed by atoms with Crippen molar-refractivity contribution in [1.29, 1.82) is 0 Å². The number of nitrogens with one attached hydrogen (secondary N) is 2. The van der Waals surface area contributed by atoms with Crippen LogP contribution < -0.4 is 24.4 Å². The second-order valence-corrected chi connectivity index (χ2v) is 9.12. The zero-order valence-electron chi connectivity index (χ0n) is 20.7. The predicted molar refractivity (Wildman–Crippen MR) is 143 cm³/mol. The van der Waals surface area contributed by atoms with E-state index in [4.69, 9.17) is 9.47 Å². The normalized spacial score (nSPS) is 11.7. The van der Waals surface area contributed by atoms with Crippen LogP contribution >= 0.6 is 0 Å². The Balaban J connectivity index is 1.84. The third-order valence-corrected chi connectivity index (χ3v) is 6.06. The molecule has 0 radical (unpaired) electrons. The van der Waals surface area contributed by atoms with E-state index >= 15 is 0 Å². The van der Waals surface area contributed by atoms with Gasteiger partial charge in [-0.25, -0.2) is 9.97 Å². The van der Waals surface area contributed by atoms with Crippen LogP contribution in [0.1, 0.15) is 13.8 Å². The first-order valence-corrected chi connectivity index (χ1v) is 12.4. The monoisotopic (exact) mass is 520 g/mol. The second kappa shape index (κ2) is 11.2. The average molecular weight is 521 g/mol. The van der Waals surface area contributed by atoms with Gasteiger partial charge in [-0.1, -0.05) is 32.0 Å². The van der Waals surface area contributed by atoms with Crippen LogP contribution in [-0.4, -0.2) is 38.9 Å². The fourth-order valence-corrected chi connectivity index (χ4v) is 4.06. The SMILES string of the molecule is COc1cc(Nc2nc3ccccc3nc2N(c2cccc(NC(=O)C(C)C)c2)S(=O)[O-])cc(OC)c1. The van der Waals surface area contributed by atoms with Gasteiger partial charge in [0.2, 0.25) is 5.91 Å².